The summed E-state index contributed by atoms with van der Waals surface area (Å²) < 4.78 is 0. The van der Waals surface area contributed by atoms with E-state index in [2.05, 4.69) is 25.2 Å². The summed E-state index contributed by atoms with van der Waals surface area (Å²) in [5.41, 5.74) is 2.50. The van der Waals surface area contributed by atoms with Crippen molar-refractivity contribution in [1.29, 1.82) is 5.26 Å². The van der Waals surface area contributed by atoms with Crippen molar-refractivity contribution < 1.29 is 5.11 Å². The number of aryl methyl sites for hydroxylation is 1. The fraction of sp³-hybridized carbons (Fsp3) is 0.533. The van der Waals surface area contributed by atoms with Gasteiger partial charge in [0.05, 0.1) is 17.4 Å². The van der Waals surface area contributed by atoms with Gasteiger partial charge in [0, 0.05) is 6.54 Å². The first-order valence-electron chi connectivity index (χ1n) is 6.55. The van der Waals surface area contributed by atoms with E-state index < -0.39 is 0 Å². The van der Waals surface area contributed by atoms with Crippen LogP contribution < -0.4 is 5.32 Å². The second-order valence-corrected chi connectivity index (χ2v) is 4.63. The first kappa shape index (κ1) is 14.5. The predicted molar refractivity (Wildman–Crippen MR) is 74.5 cm³/mol. The number of hydrogen-bond acceptors (Lipinski definition) is 3. The summed E-state index contributed by atoms with van der Waals surface area (Å²) in [5.74, 6) is 0.312. The quantitative estimate of drug-likeness (QED) is 0.811. The van der Waals surface area contributed by atoms with Gasteiger partial charge in [-0.05, 0) is 24.5 Å². The van der Waals surface area contributed by atoms with E-state index in [1.807, 2.05) is 19.1 Å². The minimum atomic E-state index is -0.369. The van der Waals surface area contributed by atoms with Gasteiger partial charge in [0.25, 0.3) is 0 Å². The summed E-state index contributed by atoms with van der Waals surface area (Å²) >= 11 is 0. The number of nitriles is 1. The SMILES string of the molecule is CCC(CC)C(O)CNc1c(C)cccc1C#N. The molecule has 0 fully saturated rings. The van der Waals surface area contributed by atoms with E-state index in [-0.39, 0.29) is 6.10 Å². The molecule has 1 aromatic rings. The van der Waals surface area contributed by atoms with Crippen molar-refractivity contribution in [3.63, 3.8) is 0 Å². The van der Waals surface area contributed by atoms with Crippen LogP contribution in [0.1, 0.15) is 37.8 Å². The van der Waals surface area contributed by atoms with Gasteiger partial charge >= 0.3 is 0 Å². The minimum absolute atomic E-state index is 0.312. The highest BCUT2D eigenvalue weighted by Gasteiger charge is 2.16. The first-order valence-corrected chi connectivity index (χ1v) is 6.55. The molecule has 0 amide bonds. The summed E-state index contributed by atoms with van der Waals surface area (Å²) in [5, 5.41) is 22.3. The van der Waals surface area contributed by atoms with Gasteiger partial charge in [-0.2, -0.15) is 5.26 Å². The van der Waals surface area contributed by atoms with Gasteiger partial charge in [0.2, 0.25) is 0 Å². The first-order chi connectivity index (χ1) is 8.63. The van der Waals surface area contributed by atoms with Gasteiger partial charge in [0.1, 0.15) is 6.07 Å². The lowest BCUT2D eigenvalue weighted by Gasteiger charge is -2.21. The Morgan fingerprint density at radius 1 is 1.33 bits per heavy atom. The third-order valence-corrected chi connectivity index (χ3v) is 3.47. The van der Waals surface area contributed by atoms with Crippen LogP contribution in [0.15, 0.2) is 18.2 Å². The van der Waals surface area contributed by atoms with Gasteiger partial charge in [0.15, 0.2) is 0 Å². The second kappa shape index (κ2) is 7.03. The molecule has 0 bridgehead atoms. The van der Waals surface area contributed by atoms with Crippen molar-refractivity contribution in [3.05, 3.63) is 29.3 Å². The van der Waals surface area contributed by atoms with Gasteiger partial charge in [-0.25, -0.2) is 0 Å². The second-order valence-electron chi connectivity index (χ2n) is 4.63. The van der Waals surface area contributed by atoms with Crippen LogP contribution >= 0.6 is 0 Å². The maximum atomic E-state index is 10.1. The van der Waals surface area contributed by atoms with Crippen LogP contribution in [0.2, 0.25) is 0 Å². The van der Waals surface area contributed by atoms with Crippen molar-refractivity contribution in [2.75, 3.05) is 11.9 Å². The minimum Gasteiger partial charge on any atom is -0.391 e. The summed E-state index contributed by atoms with van der Waals surface area (Å²) in [6.45, 7) is 6.64. The molecule has 18 heavy (non-hydrogen) atoms. The van der Waals surface area contributed by atoms with Gasteiger partial charge in [-0.15, -0.1) is 0 Å². The zero-order valence-corrected chi connectivity index (χ0v) is 11.4. The average Bonchev–Trinajstić information content (AvgIpc) is 2.38. The molecular formula is C15H22N2O. The molecule has 0 aliphatic carbocycles. The Bertz CT molecular complexity index is 419. The normalized spacial score (nSPS) is 12.2. The van der Waals surface area contributed by atoms with Crippen LogP contribution in [0.3, 0.4) is 0 Å². The van der Waals surface area contributed by atoms with Gasteiger partial charge < -0.3 is 10.4 Å². The molecule has 3 nitrogen and oxygen atoms in total. The summed E-state index contributed by atoms with van der Waals surface area (Å²) in [6, 6.07) is 7.80. The van der Waals surface area contributed by atoms with Crippen LogP contribution in [-0.4, -0.2) is 17.8 Å². The van der Waals surface area contributed by atoms with E-state index in [4.69, 9.17) is 5.26 Å². The molecule has 0 saturated carbocycles. The fourth-order valence-corrected chi connectivity index (χ4v) is 2.20. The number of aliphatic hydroxyl groups excluding tert-OH is 1. The number of nitrogens with one attached hydrogen (secondary N) is 1. The van der Waals surface area contributed by atoms with E-state index >= 15 is 0 Å². The summed E-state index contributed by atoms with van der Waals surface area (Å²) in [6.07, 6.45) is 1.57. The maximum absolute atomic E-state index is 10.1. The zero-order chi connectivity index (χ0) is 13.5. The molecular weight excluding hydrogens is 224 g/mol. The van der Waals surface area contributed by atoms with E-state index in [1.54, 1.807) is 6.07 Å². The van der Waals surface area contributed by atoms with E-state index in [9.17, 15) is 5.11 Å². The lowest BCUT2D eigenvalue weighted by atomic mass is 9.96. The smallest absolute Gasteiger partial charge is 0.101 e. The van der Waals surface area contributed by atoms with Crippen LogP contribution in [0, 0.1) is 24.2 Å². The van der Waals surface area contributed by atoms with Gasteiger partial charge in [-0.3, -0.25) is 0 Å². The van der Waals surface area contributed by atoms with Crippen LogP contribution in [0.25, 0.3) is 0 Å². The topological polar surface area (TPSA) is 56.0 Å². The molecule has 2 N–H and O–H groups in total. The Morgan fingerprint density at radius 2 is 2.00 bits per heavy atom. The fourth-order valence-electron chi connectivity index (χ4n) is 2.20. The van der Waals surface area contributed by atoms with E-state index in [0.29, 0.717) is 18.0 Å². The van der Waals surface area contributed by atoms with Crippen LogP contribution in [0.4, 0.5) is 5.69 Å². The molecule has 1 unspecified atom stereocenters. The third kappa shape index (κ3) is 3.48. The van der Waals surface area contributed by atoms with Crippen LogP contribution in [-0.2, 0) is 0 Å². The van der Waals surface area contributed by atoms with Crippen molar-refractivity contribution in [2.45, 2.75) is 39.7 Å². The van der Waals surface area contributed by atoms with Crippen molar-refractivity contribution in [3.8, 4) is 6.07 Å². The Balaban J connectivity index is 2.72. The lowest BCUT2D eigenvalue weighted by Crippen LogP contribution is -2.28. The summed E-state index contributed by atoms with van der Waals surface area (Å²) in [4.78, 5) is 0. The molecule has 1 aromatic carbocycles. The molecule has 98 valence electrons. The predicted octanol–water partition coefficient (Wildman–Crippen LogP) is 3.08. The standard InChI is InChI=1S/C15H22N2O/c1-4-12(5-2)14(18)10-17-15-11(3)7-6-8-13(15)9-16/h6-8,12,14,17-18H,4-5,10H2,1-3H3. The largest absolute Gasteiger partial charge is 0.391 e. The lowest BCUT2D eigenvalue weighted by molar-refractivity contribution is 0.114. The summed E-state index contributed by atoms with van der Waals surface area (Å²) in [7, 11) is 0. The van der Waals surface area contributed by atoms with E-state index in [0.717, 1.165) is 24.1 Å². The number of nitrogens with zero attached hydrogens (tertiary/aromatic N) is 1. The number of para-hydroxylation sites is 1. The highest BCUT2D eigenvalue weighted by molar-refractivity contribution is 5.62. The third-order valence-electron chi connectivity index (χ3n) is 3.47. The molecule has 0 heterocycles. The number of anilines is 1. The molecule has 0 spiro atoms. The molecule has 0 aliphatic heterocycles. The Labute approximate surface area is 109 Å². The molecule has 0 saturated heterocycles. The molecule has 0 radical (unpaired) electrons. The van der Waals surface area contributed by atoms with Gasteiger partial charge in [-0.1, -0.05) is 38.8 Å². The van der Waals surface area contributed by atoms with Crippen molar-refractivity contribution in [1.82, 2.24) is 0 Å². The molecule has 1 atom stereocenters. The average molecular weight is 246 g/mol. The van der Waals surface area contributed by atoms with E-state index in [1.165, 1.54) is 0 Å². The van der Waals surface area contributed by atoms with Crippen molar-refractivity contribution in [2.24, 2.45) is 5.92 Å². The molecule has 0 aromatic heterocycles. The Kier molecular flexibility index (Phi) is 5.67. The zero-order valence-electron chi connectivity index (χ0n) is 11.4. The monoisotopic (exact) mass is 246 g/mol. The highest BCUT2D eigenvalue weighted by Crippen LogP contribution is 2.21. The number of hydrogen-bond donors (Lipinski definition) is 2. The molecule has 1 rings (SSSR count). The number of benzene rings is 1. The van der Waals surface area contributed by atoms with Crippen LogP contribution in [0.5, 0.6) is 0 Å². The maximum Gasteiger partial charge on any atom is 0.101 e. The molecule has 3 heteroatoms. The number of rotatable bonds is 6. The Hall–Kier alpha value is -1.53. The molecule has 0 aliphatic rings. The number of aliphatic hydroxyl groups is 1. The van der Waals surface area contributed by atoms with Crippen molar-refractivity contribution >= 4 is 5.69 Å². The highest BCUT2D eigenvalue weighted by atomic mass is 16.3. The Morgan fingerprint density at radius 3 is 2.56 bits per heavy atom.